The molecule has 0 aliphatic carbocycles. The number of hydrogen-bond donors (Lipinski definition) is 1. The Kier molecular flexibility index (Phi) is 4.84. The second-order valence-electron chi connectivity index (χ2n) is 4.89. The van der Waals surface area contributed by atoms with E-state index in [1.807, 2.05) is 0 Å². The van der Waals surface area contributed by atoms with Crippen molar-refractivity contribution in [2.45, 2.75) is 59.4 Å². The van der Waals surface area contributed by atoms with Gasteiger partial charge >= 0.3 is 0 Å². The molecule has 0 radical (unpaired) electrons. The van der Waals surface area contributed by atoms with Gasteiger partial charge in [0.15, 0.2) is 0 Å². The van der Waals surface area contributed by atoms with Gasteiger partial charge in [-0.25, -0.2) is 0 Å². The Bertz CT molecular complexity index is 113. The first-order valence-corrected chi connectivity index (χ1v) is 5.15. The quantitative estimate of drug-likeness (QED) is 0.675. The third kappa shape index (κ3) is 5.59. The first-order valence-electron chi connectivity index (χ1n) is 5.15. The smallest absolute Gasteiger partial charge is 0.00971 e. The van der Waals surface area contributed by atoms with E-state index in [4.69, 9.17) is 5.73 Å². The second-order valence-corrected chi connectivity index (χ2v) is 4.89. The van der Waals surface area contributed by atoms with Gasteiger partial charge in [0.1, 0.15) is 0 Å². The van der Waals surface area contributed by atoms with Crippen molar-refractivity contribution in [1.29, 1.82) is 0 Å². The highest BCUT2D eigenvalue weighted by atomic mass is 14.7. The summed E-state index contributed by atoms with van der Waals surface area (Å²) in [5.74, 6) is 1.66. The summed E-state index contributed by atoms with van der Waals surface area (Å²) in [5, 5.41) is 0. The van der Waals surface area contributed by atoms with Crippen LogP contribution in [0.1, 0.15) is 53.9 Å². The molecule has 0 rings (SSSR count). The molecule has 0 heterocycles. The van der Waals surface area contributed by atoms with Crippen LogP contribution in [0, 0.1) is 11.8 Å². The fourth-order valence-electron chi connectivity index (χ4n) is 1.29. The van der Waals surface area contributed by atoms with Crippen molar-refractivity contribution in [2.75, 3.05) is 0 Å². The fourth-order valence-corrected chi connectivity index (χ4v) is 1.29. The van der Waals surface area contributed by atoms with E-state index in [2.05, 4.69) is 34.6 Å². The number of rotatable bonds is 5. The lowest BCUT2D eigenvalue weighted by Crippen LogP contribution is -2.32. The maximum atomic E-state index is 5.93. The van der Waals surface area contributed by atoms with Crippen molar-refractivity contribution in [3.8, 4) is 0 Å². The summed E-state index contributed by atoms with van der Waals surface area (Å²) in [4.78, 5) is 0. The lowest BCUT2D eigenvalue weighted by molar-refractivity contribution is 0.314. The van der Waals surface area contributed by atoms with E-state index in [1.165, 1.54) is 12.8 Å². The molecule has 0 aliphatic rings. The molecule has 0 saturated heterocycles. The molecular weight excluding hydrogens is 146 g/mol. The van der Waals surface area contributed by atoms with Gasteiger partial charge in [0.25, 0.3) is 0 Å². The molecule has 1 nitrogen and oxygen atoms in total. The molecule has 12 heavy (non-hydrogen) atoms. The van der Waals surface area contributed by atoms with Gasteiger partial charge in [0.05, 0.1) is 0 Å². The van der Waals surface area contributed by atoms with Gasteiger partial charge in [-0.05, 0) is 38.5 Å². The number of hydrogen-bond acceptors (Lipinski definition) is 1. The minimum atomic E-state index is 0.0156. The Hall–Kier alpha value is -0.0400. The molecule has 2 N–H and O–H groups in total. The van der Waals surface area contributed by atoms with Crippen molar-refractivity contribution < 1.29 is 0 Å². The van der Waals surface area contributed by atoms with Crippen LogP contribution in [-0.2, 0) is 0 Å². The SMILES string of the molecule is CCC(C)C(C)CCC(C)(C)N. The van der Waals surface area contributed by atoms with Crippen molar-refractivity contribution >= 4 is 0 Å². The zero-order chi connectivity index (χ0) is 9.78. The Balaban J connectivity index is 3.64. The Morgan fingerprint density at radius 2 is 1.67 bits per heavy atom. The van der Waals surface area contributed by atoms with Crippen molar-refractivity contribution in [3.63, 3.8) is 0 Å². The molecule has 0 aromatic carbocycles. The average molecular weight is 171 g/mol. The van der Waals surface area contributed by atoms with Crippen LogP contribution in [0.15, 0.2) is 0 Å². The second kappa shape index (κ2) is 4.86. The van der Waals surface area contributed by atoms with Gasteiger partial charge in [-0.2, -0.15) is 0 Å². The van der Waals surface area contributed by atoms with Crippen LogP contribution in [-0.4, -0.2) is 5.54 Å². The van der Waals surface area contributed by atoms with Gasteiger partial charge in [-0.3, -0.25) is 0 Å². The molecular formula is C11H25N. The van der Waals surface area contributed by atoms with E-state index in [1.54, 1.807) is 0 Å². The number of nitrogens with two attached hydrogens (primary N) is 1. The molecule has 0 bridgehead atoms. The zero-order valence-corrected chi connectivity index (χ0v) is 9.35. The summed E-state index contributed by atoms with van der Waals surface area (Å²) < 4.78 is 0. The van der Waals surface area contributed by atoms with Crippen LogP contribution in [0.4, 0.5) is 0 Å². The van der Waals surface area contributed by atoms with Gasteiger partial charge in [0.2, 0.25) is 0 Å². The largest absolute Gasteiger partial charge is 0.326 e. The zero-order valence-electron chi connectivity index (χ0n) is 9.35. The van der Waals surface area contributed by atoms with Crippen molar-refractivity contribution in [1.82, 2.24) is 0 Å². The first-order chi connectivity index (χ1) is 5.37. The van der Waals surface area contributed by atoms with E-state index in [0.29, 0.717) is 0 Å². The summed E-state index contributed by atoms with van der Waals surface area (Å²) in [7, 11) is 0. The predicted octanol–water partition coefficient (Wildman–Crippen LogP) is 3.19. The van der Waals surface area contributed by atoms with Crippen LogP contribution in [0.25, 0.3) is 0 Å². The summed E-state index contributed by atoms with van der Waals surface area (Å²) in [6.07, 6.45) is 3.68. The molecule has 0 aliphatic heterocycles. The van der Waals surface area contributed by atoms with E-state index < -0.39 is 0 Å². The fraction of sp³-hybridized carbons (Fsp3) is 1.00. The van der Waals surface area contributed by atoms with Crippen LogP contribution >= 0.6 is 0 Å². The molecule has 0 amide bonds. The topological polar surface area (TPSA) is 26.0 Å². The monoisotopic (exact) mass is 171 g/mol. The standard InChI is InChI=1S/C11H25N/c1-6-9(2)10(3)7-8-11(4,5)12/h9-10H,6-8,12H2,1-5H3. The van der Waals surface area contributed by atoms with Crippen LogP contribution in [0.2, 0.25) is 0 Å². The van der Waals surface area contributed by atoms with E-state index in [-0.39, 0.29) is 5.54 Å². The van der Waals surface area contributed by atoms with Crippen molar-refractivity contribution in [3.05, 3.63) is 0 Å². The Morgan fingerprint density at radius 1 is 1.17 bits per heavy atom. The summed E-state index contributed by atoms with van der Waals surface area (Å²) in [6, 6.07) is 0. The molecule has 0 spiro atoms. The van der Waals surface area contributed by atoms with Gasteiger partial charge in [-0.15, -0.1) is 0 Å². The minimum absolute atomic E-state index is 0.0156. The van der Waals surface area contributed by atoms with Gasteiger partial charge in [0, 0.05) is 5.54 Å². The molecule has 74 valence electrons. The van der Waals surface area contributed by atoms with Crippen molar-refractivity contribution in [2.24, 2.45) is 17.6 Å². The molecule has 0 aromatic heterocycles. The maximum absolute atomic E-state index is 5.93. The van der Waals surface area contributed by atoms with Crippen LogP contribution in [0.3, 0.4) is 0 Å². The third-order valence-electron chi connectivity index (χ3n) is 2.86. The van der Waals surface area contributed by atoms with Gasteiger partial charge < -0.3 is 5.73 Å². The lowest BCUT2D eigenvalue weighted by atomic mass is 9.86. The van der Waals surface area contributed by atoms with E-state index >= 15 is 0 Å². The molecule has 0 aromatic rings. The average Bonchev–Trinajstić information content (AvgIpc) is 1.97. The summed E-state index contributed by atoms with van der Waals surface area (Å²) in [5.41, 5.74) is 5.94. The van der Waals surface area contributed by atoms with E-state index in [9.17, 15) is 0 Å². The summed E-state index contributed by atoms with van der Waals surface area (Å²) >= 11 is 0. The highest BCUT2D eigenvalue weighted by molar-refractivity contribution is 4.73. The predicted molar refractivity (Wildman–Crippen MR) is 56.1 cm³/mol. The minimum Gasteiger partial charge on any atom is -0.326 e. The maximum Gasteiger partial charge on any atom is 0.00971 e. The molecule has 2 unspecified atom stereocenters. The first kappa shape index (κ1) is 12.0. The Labute approximate surface area is 77.7 Å². The lowest BCUT2D eigenvalue weighted by Gasteiger charge is -2.24. The molecule has 0 fully saturated rings. The van der Waals surface area contributed by atoms with Crippen LogP contribution < -0.4 is 5.73 Å². The van der Waals surface area contributed by atoms with Gasteiger partial charge in [-0.1, -0.05) is 27.2 Å². The highest BCUT2D eigenvalue weighted by Crippen LogP contribution is 2.22. The molecule has 0 saturated carbocycles. The van der Waals surface area contributed by atoms with E-state index in [0.717, 1.165) is 18.3 Å². The highest BCUT2D eigenvalue weighted by Gasteiger charge is 2.15. The third-order valence-corrected chi connectivity index (χ3v) is 2.86. The Morgan fingerprint density at radius 3 is 2.00 bits per heavy atom. The molecule has 2 atom stereocenters. The molecule has 1 heteroatoms. The normalized spacial score (nSPS) is 17.5. The van der Waals surface area contributed by atoms with Crippen LogP contribution in [0.5, 0.6) is 0 Å². The summed E-state index contributed by atoms with van der Waals surface area (Å²) in [6.45, 7) is 11.1.